The molecular weight excluding hydrogens is 381 g/mol. The van der Waals surface area contributed by atoms with E-state index in [0.29, 0.717) is 11.4 Å². The van der Waals surface area contributed by atoms with Gasteiger partial charge in [0.1, 0.15) is 5.82 Å². The Morgan fingerprint density at radius 3 is 2.11 bits per heavy atom. The molecule has 28 heavy (non-hydrogen) atoms. The number of benzene rings is 2. The largest absolute Gasteiger partial charge is 0.416 e. The summed E-state index contributed by atoms with van der Waals surface area (Å²) in [5, 5.41) is 5.27. The van der Waals surface area contributed by atoms with Crippen molar-refractivity contribution in [2.45, 2.75) is 6.18 Å². The summed E-state index contributed by atoms with van der Waals surface area (Å²) in [5.74, 6) is -2.42. The highest BCUT2D eigenvalue weighted by atomic mass is 19.4. The number of halogens is 5. The lowest BCUT2D eigenvalue weighted by molar-refractivity contribution is -0.137. The van der Waals surface area contributed by atoms with Gasteiger partial charge in [0.05, 0.1) is 17.4 Å². The summed E-state index contributed by atoms with van der Waals surface area (Å²) in [6, 6.07) is 10.1. The van der Waals surface area contributed by atoms with Gasteiger partial charge < -0.3 is 10.6 Å². The molecule has 0 bridgehead atoms. The zero-order valence-corrected chi connectivity index (χ0v) is 14.0. The molecule has 9 heteroatoms. The number of anilines is 3. The normalized spacial score (nSPS) is 11.2. The number of hydrogen-bond acceptors (Lipinski definition) is 3. The number of nitrogens with zero attached hydrogens (tertiary/aromatic N) is 1. The zero-order chi connectivity index (χ0) is 20.3. The molecule has 0 saturated carbocycles. The Kier molecular flexibility index (Phi) is 5.25. The van der Waals surface area contributed by atoms with Crippen molar-refractivity contribution in [1.29, 1.82) is 0 Å². The first-order valence-electron chi connectivity index (χ1n) is 7.89. The maximum atomic E-state index is 13.2. The van der Waals surface area contributed by atoms with Gasteiger partial charge in [0, 0.05) is 17.3 Å². The molecule has 1 amide bonds. The van der Waals surface area contributed by atoms with Gasteiger partial charge in [0.2, 0.25) is 0 Å². The Morgan fingerprint density at radius 1 is 0.857 bits per heavy atom. The number of carbonyl (C=O) groups is 1. The monoisotopic (exact) mass is 393 g/mol. The summed E-state index contributed by atoms with van der Waals surface area (Å²) < 4.78 is 63.8. The SMILES string of the molecule is O=C(Nc1ccc(Nc2ccc(F)c(F)c2)cn1)c1ccc(C(F)(F)F)cc1. The number of pyridine rings is 1. The van der Waals surface area contributed by atoms with Crippen LogP contribution in [-0.4, -0.2) is 10.9 Å². The third-order valence-corrected chi connectivity index (χ3v) is 3.69. The highest BCUT2D eigenvalue weighted by molar-refractivity contribution is 6.03. The molecule has 4 nitrogen and oxygen atoms in total. The van der Waals surface area contributed by atoms with Crippen LogP contribution >= 0.6 is 0 Å². The zero-order valence-electron chi connectivity index (χ0n) is 14.0. The number of nitrogens with one attached hydrogen (secondary N) is 2. The van der Waals surface area contributed by atoms with Crippen LogP contribution in [-0.2, 0) is 6.18 Å². The van der Waals surface area contributed by atoms with Gasteiger partial charge in [-0.1, -0.05) is 0 Å². The van der Waals surface area contributed by atoms with Gasteiger partial charge in [-0.25, -0.2) is 13.8 Å². The van der Waals surface area contributed by atoms with E-state index in [2.05, 4.69) is 15.6 Å². The Morgan fingerprint density at radius 2 is 1.54 bits per heavy atom. The number of carbonyl (C=O) groups excluding carboxylic acids is 1. The van der Waals surface area contributed by atoms with E-state index < -0.39 is 29.3 Å². The molecular formula is C19H12F5N3O. The third-order valence-electron chi connectivity index (χ3n) is 3.69. The molecule has 0 saturated heterocycles. The number of alkyl halides is 3. The van der Waals surface area contributed by atoms with Gasteiger partial charge in [-0.05, 0) is 48.5 Å². The lowest BCUT2D eigenvalue weighted by Gasteiger charge is -2.09. The average molecular weight is 393 g/mol. The van der Waals surface area contributed by atoms with Gasteiger partial charge >= 0.3 is 6.18 Å². The van der Waals surface area contributed by atoms with Gasteiger partial charge in [0.15, 0.2) is 11.6 Å². The molecule has 0 aliphatic heterocycles. The summed E-state index contributed by atoms with van der Waals surface area (Å²) in [6.45, 7) is 0. The highest BCUT2D eigenvalue weighted by Crippen LogP contribution is 2.29. The van der Waals surface area contributed by atoms with Crippen molar-refractivity contribution in [3.05, 3.63) is 83.6 Å². The van der Waals surface area contributed by atoms with Crippen LogP contribution in [0.3, 0.4) is 0 Å². The van der Waals surface area contributed by atoms with Crippen LogP contribution < -0.4 is 10.6 Å². The fourth-order valence-electron chi connectivity index (χ4n) is 2.28. The smallest absolute Gasteiger partial charge is 0.354 e. The molecule has 3 aromatic rings. The van der Waals surface area contributed by atoms with E-state index >= 15 is 0 Å². The predicted molar refractivity (Wildman–Crippen MR) is 93.3 cm³/mol. The van der Waals surface area contributed by atoms with Crippen molar-refractivity contribution in [3.8, 4) is 0 Å². The molecule has 0 atom stereocenters. The average Bonchev–Trinajstić information content (AvgIpc) is 2.66. The molecule has 2 N–H and O–H groups in total. The molecule has 0 fully saturated rings. The molecule has 2 aromatic carbocycles. The number of aromatic nitrogens is 1. The molecule has 0 radical (unpaired) electrons. The van der Waals surface area contributed by atoms with E-state index in [-0.39, 0.29) is 11.4 Å². The lowest BCUT2D eigenvalue weighted by atomic mass is 10.1. The van der Waals surface area contributed by atoms with Crippen LogP contribution in [0.1, 0.15) is 15.9 Å². The summed E-state index contributed by atoms with van der Waals surface area (Å²) in [6.07, 6.45) is -3.13. The van der Waals surface area contributed by atoms with E-state index in [1.165, 1.54) is 24.4 Å². The summed E-state index contributed by atoms with van der Waals surface area (Å²) in [4.78, 5) is 16.1. The van der Waals surface area contributed by atoms with Crippen molar-refractivity contribution in [2.24, 2.45) is 0 Å². The fraction of sp³-hybridized carbons (Fsp3) is 0.0526. The van der Waals surface area contributed by atoms with Gasteiger partial charge in [-0.2, -0.15) is 13.2 Å². The fourth-order valence-corrected chi connectivity index (χ4v) is 2.28. The van der Waals surface area contributed by atoms with Crippen LogP contribution in [0.2, 0.25) is 0 Å². The van der Waals surface area contributed by atoms with E-state index in [4.69, 9.17) is 0 Å². The van der Waals surface area contributed by atoms with Crippen molar-refractivity contribution in [3.63, 3.8) is 0 Å². The van der Waals surface area contributed by atoms with E-state index in [0.717, 1.165) is 36.4 Å². The number of amides is 1. The molecule has 0 aliphatic rings. The number of hydrogen-bond donors (Lipinski definition) is 2. The van der Waals surface area contributed by atoms with Gasteiger partial charge in [-0.15, -0.1) is 0 Å². The maximum Gasteiger partial charge on any atom is 0.416 e. The summed E-state index contributed by atoms with van der Waals surface area (Å²) in [7, 11) is 0. The molecule has 3 rings (SSSR count). The molecule has 0 unspecified atom stereocenters. The molecule has 0 aliphatic carbocycles. The van der Waals surface area contributed by atoms with E-state index in [1.54, 1.807) is 0 Å². The molecule has 144 valence electrons. The second kappa shape index (κ2) is 7.63. The van der Waals surface area contributed by atoms with Crippen molar-refractivity contribution >= 4 is 23.1 Å². The van der Waals surface area contributed by atoms with Crippen LogP contribution in [0, 0.1) is 11.6 Å². The first kappa shape index (κ1) is 19.3. The second-order valence-electron chi connectivity index (χ2n) is 5.72. The molecule has 1 heterocycles. The number of rotatable bonds is 4. The molecule has 0 spiro atoms. The minimum Gasteiger partial charge on any atom is -0.354 e. The maximum absolute atomic E-state index is 13.2. The lowest BCUT2D eigenvalue weighted by Crippen LogP contribution is -2.13. The van der Waals surface area contributed by atoms with Crippen LogP contribution in [0.5, 0.6) is 0 Å². The first-order valence-corrected chi connectivity index (χ1v) is 7.89. The van der Waals surface area contributed by atoms with Crippen molar-refractivity contribution in [2.75, 3.05) is 10.6 Å². The first-order chi connectivity index (χ1) is 13.2. The second-order valence-corrected chi connectivity index (χ2v) is 5.72. The third kappa shape index (κ3) is 4.61. The van der Waals surface area contributed by atoms with Gasteiger partial charge in [-0.3, -0.25) is 4.79 Å². The van der Waals surface area contributed by atoms with Gasteiger partial charge in [0.25, 0.3) is 5.91 Å². The highest BCUT2D eigenvalue weighted by Gasteiger charge is 2.30. The Balaban J connectivity index is 1.65. The minimum absolute atomic E-state index is 0.0405. The Hall–Kier alpha value is -3.49. The Labute approximate surface area is 156 Å². The van der Waals surface area contributed by atoms with E-state index in [1.807, 2.05) is 0 Å². The van der Waals surface area contributed by atoms with Crippen molar-refractivity contribution < 1.29 is 26.7 Å². The summed E-state index contributed by atoms with van der Waals surface area (Å²) >= 11 is 0. The van der Waals surface area contributed by atoms with E-state index in [9.17, 15) is 26.7 Å². The summed E-state index contributed by atoms with van der Waals surface area (Å²) in [5.41, 5.74) is -0.0469. The predicted octanol–water partition coefficient (Wildman–Crippen LogP) is 5.37. The minimum atomic E-state index is -4.48. The Bertz CT molecular complexity index is 986. The molecule has 1 aromatic heterocycles. The quantitative estimate of drug-likeness (QED) is 0.586. The topological polar surface area (TPSA) is 54.0 Å². The van der Waals surface area contributed by atoms with Crippen molar-refractivity contribution in [1.82, 2.24) is 4.98 Å². The van der Waals surface area contributed by atoms with Crippen LogP contribution in [0.4, 0.5) is 39.1 Å². The van der Waals surface area contributed by atoms with Crippen LogP contribution in [0.25, 0.3) is 0 Å². The standard InChI is InChI=1S/C19H12F5N3O/c20-15-7-5-13(9-16(15)21)26-14-6-8-17(25-10-14)27-18(28)11-1-3-12(4-2-11)19(22,23)24/h1-10,26H,(H,25,27,28). The van der Waals surface area contributed by atoms with Crippen LogP contribution in [0.15, 0.2) is 60.8 Å².